The average molecular weight is 331 g/mol. The van der Waals surface area contributed by atoms with E-state index < -0.39 is 0 Å². The third-order valence-electron chi connectivity index (χ3n) is 5.07. The summed E-state index contributed by atoms with van der Waals surface area (Å²) in [6.07, 6.45) is 4.52. The predicted molar refractivity (Wildman–Crippen MR) is 90.5 cm³/mol. The molecule has 1 atom stereocenters. The standard InChI is InChI=1S/C17H25N5O2/c1-12-9-15(20-11-19-12)21(2)14-4-7-22(8-5-14)17(24)13-3-6-18-16(23)10-13/h9,11,13-14H,3-8,10H2,1-2H3,(H,18,23). The number of aromatic nitrogens is 2. The van der Waals surface area contributed by atoms with Gasteiger partial charge in [-0.05, 0) is 26.2 Å². The Morgan fingerprint density at radius 2 is 2.04 bits per heavy atom. The molecule has 1 aromatic heterocycles. The highest BCUT2D eigenvalue weighted by Gasteiger charge is 2.32. The SMILES string of the molecule is Cc1cc(N(C)C2CCN(C(=O)C3CCNC(=O)C3)CC2)ncn1. The van der Waals surface area contributed by atoms with E-state index in [0.29, 0.717) is 19.0 Å². The highest BCUT2D eigenvalue weighted by Crippen LogP contribution is 2.23. The van der Waals surface area contributed by atoms with Gasteiger partial charge in [0.1, 0.15) is 12.1 Å². The number of rotatable bonds is 3. The van der Waals surface area contributed by atoms with E-state index in [9.17, 15) is 9.59 Å². The van der Waals surface area contributed by atoms with E-state index in [2.05, 4.69) is 27.2 Å². The molecule has 0 aromatic carbocycles. The number of piperidine rings is 2. The highest BCUT2D eigenvalue weighted by atomic mass is 16.2. The van der Waals surface area contributed by atoms with Crippen LogP contribution in [0.15, 0.2) is 12.4 Å². The van der Waals surface area contributed by atoms with Crippen LogP contribution in [0, 0.1) is 12.8 Å². The molecule has 1 unspecified atom stereocenters. The van der Waals surface area contributed by atoms with E-state index in [1.54, 1.807) is 6.33 Å². The normalized spacial score (nSPS) is 22.2. The molecule has 7 nitrogen and oxygen atoms in total. The summed E-state index contributed by atoms with van der Waals surface area (Å²) in [6.45, 7) is 4.06. The van der Waals surface area contributed by atoms with Crippen LogP contribution in [0.5, 0.6) is 0 Å². The Kier molecular flexibility index (Phi) is 4.97. The Balaban J connectivity index is 1.55. The molecule has 2 saturated heterocycles. The lowest BCUT2D eigenvalue weighted by molar-refractivity contribution is -0.141. The predicted octanol–water partition coefficient (Wildman–Crippen LogP) is 0.738. The van der Waals surface area contributed by atoms with Gasteiger partial charge in [0.05, 0.1) is 0 Å². The van der Waals surface area contributed by atoms with Gasteiger partial charge in [0.15, 0.2) is 0 Å². The van der Waals surface area contributed by atoms with Crippen LogP contribution in [0.3, 0.4) is 0 Å². The number of anilines is 1. The fraction of sp³-hybridized carbons (Fsp3) is 0.647. The Bertz CT molecular complexity index is 613. The van der Waals surface area contributed by atoms with Crippen molar-refractivity contribution in [1.82, 2.24) is 20.2 Å². The molecule has 130 valence electrons. The van der Waals surface area contributed by atoms with E-state index in [4.69, 9.17) is 0 Å². The second-order valence-electron chi connectivity index (χ2n) is 6.72. The fourth-order valence-electron chi connectivity index (χ4n) is 3.55. The monoisotopic (exact) mass is 331 g/mol. The molecule has 2 amide bonds. The van der Waals surface area contributed by atoms with Gasteiger partial charge in [-0.3, -0.25) is 9.59 Å². The van der Waals surface area contributed by atoms with Gasteiger partial charge in [0.2, 0.25) is 11.8 Å². The molecular formula is C17H25N5O2. The largest absolute Gasteiger partial charge is 0.356 e. The van der Waals surface area contributed by atoms with Crippen LogP contribution < -0.4 is 10.2 Å². The summed E-state index contributed by atoms with van der Waals surface area (Å²) in [5.74, 6) is 0.922. The first kappa shape index (κ1) is 16.7. The lowest BCUT2D eigenvalue weighted by atomic mass is 9.94. The maximum absolute atomic E-state index is 12.6. The number of hydrogen-bond donors (Lipinski definition) is 1. The Morgan fingerprint density at radius 1 is 1.29 bits per heavy atom. The lowest BCUT2D eigenvalue weighted by Gasteiger charge is -2.38. The summed E-state index contributed by atoms with van der Waals surface area (Å²) in [6, 6.07) is 2.36. The first-order valence-corrected chi connectivity index (χ1v) is 8.61. The molecule has 2 fully saturated rings. The van der Waals surface area contributed by atoms with Crippen LogP contribution in [0.25, 0.3) is 0 Å². The third kappa shape index (κ3) is 3.66. The minimum Gasteiger partial charge on any atom is -0.356 e. The first-order valence-electron chi connectivity index (χ1n) is 8.61. The minimum absolute atomic E-state index is 0.00616. The van der Waals surface area contributed by atoms with E-state index >= 15 is 0 Å². The molecule has 0 aliphatic carbocycles. The number of amides is 2. The molecule has 0 spiro atoms. The molecule has 0 radical (unpaired) electrons. The van der Waals surface area contributed by atoms with Crippen LogP contribution in [0.4, 0.5) is 5.82 Å². The van der Waals surface area contributed by atoms with Crippen LogP contribution >= 0.6 is 0 Å². The zero-order valence-corrected chi connectivity index (χ0v) is 14.4. The number of nitrogens with zero attached hydrogens (tertiary/aromatic N) is 4. The van der Waals surface area contributed by atoms with Gasteiger partial charge in [-0.15, -0.1) is 0 Å². The molecule has 3 heterocycles. The van der Waals surface area contributed by atoms with Crippen LogP contribution in [-0.2, 0) is 9.59 Å². The minimum atomic E-state index is -0.141. The number of nitrogens with one attached hydrogen (secondary N) is 1. The number of likely N-dealkylation sites (tertiary alicyclic amines) is 1. The van der Waals surface area contributed by atoms with Crippen LogP contribution in [-0.4, -0.2) is 59.4 Å². The van der Waals surface area contributed by atoms with Gasteiger partial charge >= 0.3 is 0 Å². The van der Waals surface area contributed by atoms with Crippen molar-refractivity contribution in [2.24, 2.45) is 5.92 Å². The van der Waals surface area contributed by atoms with Gasteiger partial charge in [0.25, 0.3) is 0 Å². The summed E-state index contributed by atoms with van der Waals surface area (Å²) >= 11 is 0. The summed E-state index contributed by atoms with van der Waals surface area (Å²) < 4.78 is 0. The maximum atomic E-state index is 12.6. The molecule has 24 heavy (non-hydrogen) atoms. The topological polar surface area (TPSA) is 78.4 Å². The van der Waals surface area contributed by atoms with E-state index in [1.165, 1.54) is 0 Å². The van der Waals surface area contributed by atoms with Gasteiger partial charge in [0, 0.05) is 56.8 Å². The molecule has 2 aliphatic heterocycles. The fourth-order valence-corrected chi connectivity index (χ4v) is 3.55. The van der Waals surface area contributed by atoms with Crippen LogP contribution in [0.2, 0.25) is 0 Å². The molecular weight excluding hydrogens is 306 g/mol. The summed E-state index contributed by atoms with van der Waals surface area (Å²) in [5, 5.41) is 2.79. The number of aryl methyl sites for hydroxylation is 1. The molecule has 3 rings (SSSR count). The zero-order valence-electron chi connectivity index (χ0n) is 14.4. The van der Waals surface area contributed by atoms with Crippen LogP contribution in [0.1, 0.15) is 31.4 Å². The molecule has 0 bridgehead atoms. The second kappa shape index (κ2) is 7.15. The van der Waals surface area contributed by atoms with Crippen molar-refractivity contribution >= 4 is 17.6 Å². The first-order chi connectivity index (χ1) is 11.5. The zero-order chi connectivity index (χ0) is 17.1. The Morgan fingerprint density at radius 3 is 2.71 bits per heavy atom. The van der Waals surface area contributed by atoms with Crippen molar-refractivity contribution in [1.29, 1.82) is 0 Å². The summed E-state index contributed by atoms with van der Waals surface area (Å²) in [5.41, 5.74) is 0.954. The maximum Gasteiger partial charge on any atom is 0.226 e. The van der Waals surface area contributed by atoms with E-state index in [0.717, 1.165) is 43.9 Å². The van der Waals surface area contributed by atoms with Gasteiger partial charge < -0.3 is 15.1 Å². The molecule has 1 aromatic rings. The van der Waals surface area contributed by atoms with E-state index in [1.807, 2.05) is 17.9 Å². The molecule has 7 heteroatoms. The van der Waals surface area contributed by atoms with Crippen molar-refractivity contribution in [2.75, 3.05) is 31.6 Å². The number of carbonyl (C=O) groups excluding carboxylic acids is 2. The van der Waals surface area contributed by atoms with Crippen molar-refractivity contribution in [3.63, 3.8) is 0 Å². The quantitative estimate of drug-likeness (QED) is 0.884. The summed E-state index contributed by atoms with van der Waals surface area (Å²) in [7, 11) is 2.05. The Labute approximate surface area is 142 Å². The molecule has 0 saturated carbocycles. The molecule has 2 aliphatic rings. The van der Waals surface area contributed by atoms with Crippen molar-refractivity contribution in [3.8, 4) is 0 Å². The smallest absolute Gasteiger partial charge is 0.226 e. The summed E-state index contributed by atoms with van der Waals surface area (Å²) in [4.78, 5) is 36.7. The second-order valence-corrected chi connectivity index (χ2v) is 6.72. The lowest BCUT2D eigenvalue weighted by Crippen LogP contribution is -2.49. The molecule has 1 N–H and O–H groups in total. The number of carbonyl (C=O) groups is 2. The van der Waals surface area contributed by atoms with Crippen molar-refractivity contribution in [2.45, 2.75) is 38.6 Å². The van der Waals surface area contributed by atoms with Crippen molar-refractivity contribution in [3.05, 3.63) is 18.1 Å². The van der Waals surface area contributed by atoms with Gasteiger partial charge in [-0.1, -0.05) is 0 Å². The average Bonchev–Trinajstić information content (AvgIpc) is 2.60. The third-order valence-corrected chi connectivity index (χ3v) is 5.07. The van der Waals surface area contributed by atoms with Crippen molar-refractivity contribution < 1.29 is 9.59 Å². The van der Waals surface area contributed by atoms with Gasteiger partial charge in [-0.25, -0.2) is 9.97 Å². The van der Waals surface area contributed by atoms with Gasteiger partial charge in [-0.2, -0.15) is 0 Å². The van der Waals surface area contributed by atoms with E-state index in [-0.39, 0.29) is 17.7 Å². The highest BCUT2D eigenvalue weighted by molar-refractivity contribution is 5.87. The number of hydrogen-bond acceptors (Lipinski definition) is 5. The Hall–Kier alpha value is -2.18.